The number of nitrogens with one attached hydrogen (secondary N) is 1. The van der Waals surface area contributed by atoms with Crippen LogP contribution in [0.25, 0.3) is 0 Å². The Morgan fingerprint density at radius 2 is 1.55 bits per heavy atom. The third kappa shape index (κ3) is 6.72. The van der Waals surface area contributed by atoms with Gasteiger partial charge in [0.15, 0.2) is 6.61 Å². The number of hydrogen-bond donors (Lipinski definition) is 1. The second kappa shape index (κ2) is 11.4. The number of amides is 2. The molecule has 7 nitrogen and oxygen atoms in total. The van der Waals surface area contributed by atoms with Crippen molar-refractivity contribution in [1.82, 2.24) is 9.80 Å². The molecule has 0 spiro atoms. The van der Waals surface area contributed by atoms with Crippen LogP contribution in [0.4, 0.5) is 5.69 Å². The number of carbonyl (C=O) groups is 2. The average Bonchev–Trinajstić information content (AvgIpc) is 2.79. The molecule has 1 saturated heterocycles. The Morgan fingerprint density at radius 1 is 0.903 bits per heavy atom. The zero-order chi connectivity index (χ0) is 22.1. The highest BCUT2D eigenvalue weighted by molar-refractivity contribution is 5.93. The van der Waals surface area contributed by atoms with Gasteiger partial charge in [0, 0.05) is 31.9 Å². The molecule has 0 aromatic heterocycles. The van der Waals surface area contributed by atoms with Gasteiger partial charge in [0.05, 0.1) is 13.2 Å². The van der Waals surface area contributed by atoms with Crippen molar-refractivity contribution in [2.75, 3.05) is 51.3 Å². The van der Waals surface area contributed by atoms with E-state index in [-0.39, 0.29) is 18.4 Å². The van der Waals surface area contributed by atoms with Gasteiger partial charge >= 0.3 is 0 Å². The number of anilines is 1. The topological polar surface area (TPSA) is 71.1 Å². The summed E-state index contributed by atoms with van der Waals surface area (Å²) < 4.78 is 11.0. The lowest BCUT2D eigenvalue weighted by atomic mass is 10.1. The summed E-state index contributed by atoms with van der Waals surface area (Å²) in [5, 5.41) is 3.00. The molecule has 3 rings (SSSR count). The minimum atomic E-state index is -0.0464. The summed E-state index contributed by atoms with van der Waals surface area (Å²) >= 11 is 0. The number of aryl methyl sites for hydroxylation is 1. The lowest BCUT2D eigenvalue weighted by molar-refractivity contribution is -0.135. The molecule has 0 unspecified atom stereocenters. The molecule has 166 valence electrons. The second-order valence-electron chi connectivity index (χ2n) is 7.41. The van der Waals surface area contributed by atoms with E-state index in [2.05, 4.69) is 17.1 Å². The molecule has 0 saturated carbocycles. The number of carbonyl (C=O) groups excluding carboxylic acids is 2. The summed E-state index contributed by atoms with van der Waals surface area (Å²) in [5.41, 5.74) is 1.99. The number of benzene rings is 2. The van der Waals surface area contributed by atoms with Gasteiger partial charge in [0.2, 0.25) is 5.91 Å². The first-order valence-electron chi connectivity index (χ1n) is 10.8. The van der Waals surface area contributed by atoms with Crippen molar-refractivity contribution in [3.8, 4) is 11.5 Å². The zero-order valence-corrected chi connectivity index (χ0v) is 18.3. The molecule has 1 aliphatic heterocycles. The minimum Gasteiger partial charge on any atom is -0.494 e. The summed E-state index contributed by atoms with van der Waals surface area (Å²) in [5.74, 6) is 1.34. The van der Waals surface area contributed by atoms with E-state index in [0.29, 0.717) is 45.1 Å². The third-order valence-electron chi connectivity index (χ3n) is 5.26. The number of piperazine rings is 1. The molecule has 0 radical (unpaired) electrons. The van der Waals surface area contributed by atoms with Crippen LogP contribution in [-0.2, 0) is 16.0 Å². The van der Waals surface area contributed by atoms with E-state index in [1.54, 1.807) is 17.0 Å². The Hall–Kier alpha value is -3.06. The predicted molar refractivity (Wildman–Crippen MR) is 121 cm³/mol. The van der Waals surface area contributed by atoms with Crippen molar-refractivity contribution in [2.24, 2.45) is 0 Å². The Labute approximate surface area is 183 Å². The molecule has 1 aliphatic rings. The first kappa shape index (κ1) is 22.6. The number of nitrogens with zero attached hydrogens (tertiary/aromatic N) is 2. The minimum absolute atomic E-state index is 0.00225. The molecule has 0 bridgehead atoms. The molecule has 31 heavy (non-hydrogen) atoms. The SMILES string of the molecule is CCOc1ccc(OCC(=O)N2CCN(CC(=O)Nc3ccccc3CC)CC2)cc1. The summed E-state index contributed by atoms with van der Waals surface area (Å²) in [4.78, 5) is 28.7. The molecule has 7 heteroatoms. The van der Waals surface area contributed by atoms with Crippen molar-refractivity contribution in [3.63, 3.8) is 0 Å². The molecule has 0 aliphatic carbocycles. The third-order valence-corrected chi connectivity index (χ3v) is 5.26. The fraction of sp³-hybridized carbons (Fsp3) is 0.417. The van der Waals surface area contributed by atoms with Gasteiger partial charge in [-0.2, -0.15) is 0 Å². The first-order chi connectivity index (χ1) is 15.1. The van der Waals surface area contributed by atoms with Gasteiger partial charge in [-0.05, 0) is 49.2 Å². The molecule has 2 amide bonds. The van der Waals surface area contributed by atoms with Crippen molar-refractivity contribution in [3.05, 3.63) is 54.1 Å². The first-order valence-corrected chi connectivity index (χ1v) is 10.8. The number of hydrogen-bond acceptors (Lipinski definition) is 5. The van der Waals surface area contributed by atoms with Crippen molar-refractivity contribution in [2.45, 2.75) is 20.3 Å². The van der Waals surface area contributed by atoms with Crippen LogP contribution < -0.4 is 14.8 Å². The average molecular weight is 426 g/mol. The highest BCUT2D eigenvalue weighted by atomic mass is 16.5. The van der Waals surface area contributed by atoms with Gasteiger partial charge in [-0.15, -0.1) is 0 Å². The highest BCUT2D eigenvalue weighted by Gasteiger charge is 2.23. The number of rotatable bonds is 9. The highest BCUT2D eigenvalue weighted by Crippen LogP contribution is 2.18. The smallest absolute Gasteiger partial charge is 0.260 e. The molecule has 1 fully saturated rings. The van der Waals surface area contributed by atoms with Gasteiger partial charge in [-0.3, -0.25) is 14.5 Å². The van der Waals surface area contributed by atoms with Crippen molar-refractivity contribution < 1.29 is 19.1 Å². The van der Waals surface area contributed by atoms with Crippen LogP contribution in [0.3, 0.4) is 0 Å². The molecule has 2 aromatic rings. The van der Waals surface area contributed by atoms with Crippen molar-refractivity contribution >= 4 is 17.5 Å². The fourth-order valence-electron chi connectivity index (χ4n) is 3.53. The molecular formula is C24H31N3O4. The van der Waals surface area contributed by atoms with Crippen LogP contribution in [0.2, 0.25) is 0 Å². The Bertz CT molecular complexity index is 861. The molecule has 2 aromatic carbocycles. The van der Waals surface area contributed by atoms with Gasteiger partial charge < -0.3 is 19.7 Å². The van der Waals surface area contributed by atoms with E-state index in [0.717, 1.165) is 23.4 Å². The summed E-state index contributed by atoms with van der Waals surface area (Å²) in [6, 6.07) is 15.1. The van der Waals surface area contributed by atoms with Gasteiger partial charge in [-0.25, -0.2) is 0 Å². The molecular weight excluding hydrogens is 394 g/mol. The Kier molecular flexibility index (Phi) is 8.29. The number of ether oxygens (including phenoxy) is 2. The Balaban J connectivity index is 1.39. The van der Waals surface area contributed by atoms with Gasteiger partial charge in [-0.1, -0.05) is 25.1 Å². The van der Waals surface area contributed by atoms with Crippen molar-refractivity contribution in [1.29, 1.82) is 0 Å². The predicted octanol–water partition coefficient (Wildman–Crippen LogP) is 2.81. The second-order valence-corrected chi connectivity index (χ2v) is 7.41. The normalized spacial score (nSPS) is 14.2. The summed E-state index contributed by atoms with van der Waals surface area (Å²) in [6.07, 6.45) is 0.871. The van der Waals surface area contributed by atoms with Crippen LogP contribution in [0.5, 0.6) is 11.5 Å². The quantitative estimate of drug-likeness (QED) is 0.669. The Morgan fingerprint density at radius 3 is 2.19 bits per heavy atom. The summed E-state index contributed by atoms with van der Waals surface area (Å²) in [7, 11) is 0. The van der Waals surface area contributed by atoms with Crippen LogP contribution in [0, 0.1) is 0 Å². The number of para-hydroxylation sites is 1. The van der Waals surface area contributed by atoms with E-state index < -0.39 is 0 Å². The van der Waals surface area contributed by atoms with E-state index >= 15 is 0 Å². The largest absolute Gasteiger partial charge is 0.494 e. The lowest BCUT2D eigenvalue weighted by Gasteiger charge is -2.34. The van der Waals surface area contributed by atoms with E-state index in [1.807, 2.05) is 43.3 Å². The van der Waals surface area contributed by atoms with Crippen LogP contribution in [0.1, 0.15) is 19.4 Å². The lowest BCUT2D eigenvalue weighted by Crippen LogP contribution is -2.51. The van der Waals surface area contributed by atoms with E-state index in [9.17, 15) is 9.59 Å². The standard InChI is InChI=1S/C24H31N3O4/c1-3-19-7-5-6-8-22(19)25-23(28)17-26-13-15-27(16-14-26)24(29)18-31-21-11-9-20(10-12-21)30-4-2/h5-12H,3-4,13-18H2,1-2H3,(H,25,28). The zero-order valence-electron chi connectivity index (χ0n) is 18.3. The molecule has 1 N–H and O–H groups in total. The maximum absolute atomic E-state index is 12.5. The van der Waals surface area contributed by atoms with Crippen LogP contribution in [0.15, 0.2) is 48.5 Å². The van der Waals surface area contributed by atoms with Gasteiger partial charge in [0.25, 0.3) is 5.91 Å². The van der Waals surface area contributed by atoms with E-state index in [4.69, 9.17) is 9.47 Å². The maximum Gasteiger partial charge on any atom is 0.260 e. The van der Waals surface area contributed by atoms with E-state index in [1.165, 1.54) is 0 Å². The van der Waals surface area contributed by atoms with Gasteiger partial charge in [0.1, 0.15) is 11.5 Å². The summed E-state index contributed by atoms with van der Waals surface area (Å²) in [6.45, 7) is 7.44. The molecule has 0 atom stereocenters. The molecule has 1 heterocycles. The van der Waals surface area contributed by atoms with Crippen LogP contribution >= 0.6 is 0 Å². The monoisotopic (exact) mass is 425 g/mol. The van der Waals surface area contributed by atoms with Crippen LogP contribution in [-0.4, -0.2) is 67.6 Å². The maximum atomic E-state index is 12.5. The fourth-order valence-corrected chi connectivity index (χ4v) is 3.53.